The minimum atomic E-state index is -1.49. The molecule has 3 rings (SSSR count). The van der Waals surface area contributed by atoms with Crippen molar-refractivity contribution >= 4 is 11.8 Å². The number of aromatic hydroxyl groups is 7. The van der Waals surface area contributed by atoms with Crippen LogP contribution in [0.15, 0.2) is 6.07 Å². The van der Waals surface area contributed by atoms with E-state index >= 15 is 0 Å². The van der Waals surface area contributed by atoms with E-state index in [0.717, 1.165) is 6.07 Å². The maximum Gasteiger partial charge on any atom is 0.304 e. The summed E-state index contributed by atoms with van der Waals surface area (Å²) in [5.74, 6) is -11.4. The Balaban J connectivity index is 2.48. The zero-order chi connectivity index (χ0) is 19.5. The van der Waals surface area contributed by atoms with Crippen molar-refractivity contribution in [1.29, 1.82) is 0 Å². The Morgan fingerprint density at radius 3 is 1.92 bits per heavy atom. The van der Waals surface area contributed by atoms with E-state index in [2.05, 4.69) is 0 Å². The van der Waals surface area contributed by atoms with Crippen molar-refractivity contribution in [1.82, 2.24) is 0 Å². The van der Waals surface area contributed by atoms with Crippen molar-refractivity contribution in [2.45, 2.75) is 12.3 Å². The third-order valence-electron chi connectivity index (χ3n) is 4.27. The van der Waals surface area contributed by atoms with E-state index in [-0.39, 0.29) is 0 Å². The van der Waals surface area contributed by atoms with Crippen LogP contribution in [0.5, 0.6) is 40.2 Å². The lowest BCUT2D eigenvalue weighted by Crippen LogP contribution is -2.22. The Morgan fingerprint density at radius 1 is 0.808 bits per heavy atom. The summed E-state index contributed by atoms with van der Waals surface area (Å²) in [6.07, 6.45) is -0.817. The molecule has 10 nitrogen and oxygen atoms in total. The summed E-state index contributed by atoms with van der Waals surface area (Å²) in [6, 6.07) is 0.755. The molecule has 2 aromatic rings. The van der Waals surface area contributed by atoms with Gasteiger partial charge >= 0.3 is 5.97 Å². The number of ketones is 1. The van der Waals surface area contributed by atoms with E-state index in [4.69, 9.17) is 5.11 Å². The number of carbonyl (C=O) groups excluding carboxylic acids is 1. The van der Waals surface area contributed by atoms with Crippen LogP contribution in [0.3, 0.4) is 0 Å². The van der Waals surface area contributed by atoms with Gasteiger partial charge in [0, 0.05) is 22.6 Å². The summed E-state index contributed by atoms with van der Waals surface area (Å²) in [5.41, 5.74) is -2.10. The normalized spacial score (nSPS) is 15.4. The molecule has 1 aliphatic carbocycles. The molecule has 0 fully saturated rings. The fourth-order valence-corrected chi connectivity index (χ4v) is 3.14. The van der Waals surface area contributed by atoms with Crippen molar-refractivity contribution in [3.8, 4) is 40.2 Å². The first-order chi connectivity index (χ1) is 12.1. The number of carbonyl (C=O) groups is 2. The summed E-state index contributed by atoms with van der Waals surface area (Å²) in [5, 5.41) is 78.2. The van der Waals surface area contributed by atoms with Crippen LogP contribution >= 0.6 is 0 Å². The third-order valence-corrected chi connectivity index (χ3v) is 4.27. The minimum absolute atomic E-state index is 0.417. The van der Waals surface area contributed by atoms with Crippen LogP contribution in [-0.4, -0.2) is 52.6 Å². The Kier molecular flexibility index (Phi) is 3.50. The highest BCUT2D eigenvalue weighted by Crippen LogP contribution is 2.57. The molecule has 0 unspecified atom stereocenters. The van der Waals surface area contributed by atoms with Crippen LogP contribution in [-0.2, 0) is 4.79 Å². The second-order valence-electron chi connectivity index (χ2n) is 5.72. The molecule has 1 atom stereocenters. The van der Waals surface area contributed by atoms with Gasteiger partial charge in [-0.3, -0.25) is 9.59 Å². The number of phenols is 7. The second kappa shape index (κ2) is 5.34. The fraction of sp³-hybridized carbons (Fsp3) is 0.125. The fourth-order valence-electron chi connectivity index (χ4n) is 3.14. The van der Waals surface area contributed by atoms with Gasteiger partial charge in [0.25, 0.3) is 0 Å². The van der Waals surface area contributed by atoms with Crippen molar-refractivity contribution < 1.29 is 50.4 Å². The first kappa shape index (κ1) is 17.0. The Labute approximate surface area is 144 Å². The number of phenolic OH excluding ortho intramolecular Hbond substituents is 7. The number of carboxylic acids is 1. The summed E-state index contributed by atoms with van der Waals surface area (Å²) in [4.78, 5) is 23.9. The van der Waals surface area contributed by atoms with Gasteiger partial charge in [0.1, 0.15) is 0 Å². The number of benzene rings is 2. The van der Waals surface area contributed by atoms with Crippen molar-refractivity contribution in [3.05, 3.63) is 28.3 Å². The van der Waals surface area contributed by atoms with Gasteiger partial charge in [0.2, 0.25) is 17.2 Å². The second-order valence-corrected chi connectivity index (χ2v) is 5.72. The van der Waals surface area contributed by atoms with Gasteiger partial charge in [-0.05, 0) is 6.07 Å². The molecule has 0 aromatic heterocycles. The largest absolute Gasteiger partial charge is 0.504 e. The molecule has 0 radical (unpaired) electrons. The van der Waals surface area contributed by atoms with Gasteiger partial charge in [-0.1, -0.05) is 0 Å². The van der Waals surface area contributed by atoms with E-state index in [1.54, 1.807) is 0 Å². The molecule has 26 heavy (non-hydrogen) atoms. The summed E-state index contributed by atoms with van der Waals surface area (Å²) >= 11 is 0. The average Bonchev–Trinajstić information content (AvgIpc) is 2.57. The van der Waals surface area contributed by atoms with E-state index in [0.29, 0.717) is 0 Å². The van der Waals surface area contributed by atoms with Crippen LogP contribution in [0, 0.1) is 0 Å². The van der Waals surface area contributed by atoms with E-state index in [1.807, 2.05) is 0 Å². The highest BCUT2D eigenvalue weighted by Gasteiger charge is 2.42. The van der Waals surface area contributed by atoms with Crippen LogP contribution in [0.4, 0.5) is 0 Å². The van der Waals surface area contributed by atoms with Gasteiger partial charge in [-0.2, -0.15) is 0 Å². The molecule has 0 amide bonds. The van der Waals surface area contributed by atoms with E-state index < -0.39 is 86.6 Å². The maximum atomic E-state index is 12.7. The summed E-state index contributed by atoms with van der Waals surface area (Å²) in [7, 11) is 0. The quantitative estimate of drug-likeness (QED) is 0.278. The molecule has 0 bridgehead atoms. The highest BCUT2D eigenvalue weighted by molar-refractivity contribution is 6.16. The van der Waals surface area contributed by atoms with E-state index in [1.165, 1.54) is 0 Å². The minimum Gasteiger partial charge on any atom is -0.504 e. The highest BCUT2D eigenvalue weighted by atomic mass is 16.4. The summed E-state index contributed by atoms with van der Waals surface area (Å²) in [6.45, 7) is 0. The topological polar surface area (TPSA) is 196 Å². The number of hydrogen-bond acceptors (Lipinski definition) is 9. The Hall–Kier alpha value is -3.82. The average molecular weight is 364 g/mol. The first-order valence-electron chi connectivity index (χ1n) is 7.11. The lowest BCUT2D eigenvalue weighted by molar-refractivity contribution is -0.137. The number of carboxylic acid groups (broad SMARTS) is 1. The van der Waals surface area contributed by atoms with Gasteiger partial charge < -0.3 is 40.9 Å². The lowest BCUT2D eigenvalue weighted by atomic mass is 9.74. The van der Waals surface area contributed by atoms with Crippen molar-refractivity contribution in [3.63, 3.8) is 0 Å². The SMILES string of the molecule is O=C(O)C[C@H]1c2c(cc(O)c(O)c2O)C(=O)c2c(O)c(O)c(O)c(O)c21. The molecule has 2 aromatic carbocycles. The third kappa shape index (κ3) is 2.05. The Bertz CT molecular complexity index is 992. The van der Waals surface area contributed by atoms with Crippen molar-refractivity contribution in [2.75, 3.05) is 0 Å². The molecule has 0 aliphatic heterocycles. The zero-order valence-electron chi connectivity index (χ0n) is 12.8. The molecule has 0 heterocycles. The van der Waals surface area contributed by atoms with Gasteiger partial charge in [0.05, 0.1) is 12.0 Å². The molecule has 0 saturated heterocycles. The predicted molar refractivity (Wildman–Crippen MR) is 82.1 cm³/mol. The van der Waals surface area contributed by atoms with Crippen LogP contribution in [0.1, 0.15) is 39.4 Å². The molecular formula is C16H12O10. The van der Waals surface area contributed by atoms with E-state index in [9.17, 15) is 45.3 Å². The number of rotatable bonds is 2. The number of fused-ring (bicyclic) bond motifs is 2. The Morgan fingerprint density at radius 2 is 1.35 bits per heavy atom. The smallest absolute Gasteiger partial charge is 0.304 e. The molecular weight excluding hydrogens is 352 g/mol. The molecule has 10 heteroatoms. The predicted octanol–water partition coefficient (Wildman–Crippen LogP) is 0.777. The summed E-state index contributed by atoms with van der Waals surface area (Å²) < 4.78 is 0. The number of hydrogen-bond donors (Lipinski definition) is 8. The van der Waals surface area contributed by atoms with Crippen LogP contribution < -0.4 is 0 Å². The van der Waals surface area contributed by atoms with Crippen molar-refractivity contribution in [2.24, 2.45) is 0 Å². The first-order valence-corrected chi connectivity index (χ1v) is 7.11. The zero-order valence-corrected chi connectivity index (χ0v) is 12.8. The van der Waals surface area contributed by atoms with Crippen LogP contribution in [0.25, 0.3) is 0 Å². The monoisotopic (exact) mass is 364 g/mol. The molecule has 0 spiro atoms. The van der Waals surface area contributed by atoms with Crippen LogP contribution in [0.2, 0.25) is 0 Å². The van der Waals surface area contributed by atoms with Gasteiger partial charge in [-0.25, -0.2) is 0 Å². The van der Waals surface area contributed by atoms with Gasteiger partial charge in [0.15, 0.2) is 28.8 Å². The molecule has 0 saturated carbocycles. The standard InChI is InChI=1S/C16H12O10/c17-5-1-4-7(12(22)11(5)21)3(2-6(18)19)8-9(10(4)20)14(24)16(26)15(25)13(8)23/h1,3,17,21-26H,2H2,(H,18,19)/t3-/m0/s1. The molecule has 1 aliphatic rings. The van der Waals surface area contributed by atoms with Gasteiger partial charge in [-0.15, -0.1) is 0 Å². The molecule has 8 N–H and O–H groups in total. The molecule has 136 valence electrons. The maximum absolute atomic E-state index is 12.7. The number of aliphatic carboxylic acids is 1. The lowest BCUT2D eigenvalue weighted by Gasteiger charge is -2.29.